The van der Waals surface area contributed by atoms with Crippen LogP contribution in [0.1, 0.15) is 57.6 Å². The standard InChI is InChI=1S/C44H58N10O13/c1-22(2)15-29(50-38(60)28-13-14-35(58)48-28)39(61)52-31(18-34(45)57)41(63)51-30(16-24-9-5-4-6-10-24)40(62)53-33(21-55)42(64)54-37(23(3)56)43(65)47-20-36(59)49-32(44(66)67)17-25-19-46-27-12-8-7-11-26(25)27/h4-12,19,22-23,28-33,37,46,55-56H,13-18,20-21H2,1-3H3,(H2,45,57)(H,47,65)(H,48,58)(H,49,59)(H,50,60)(H,51,63)(H,52,61)(H,53,62)(H,54,64)(H,66,67)/t23-,28+,29+,30+,31+,32+,33+,37+/m1/s1. The second-order valence-electron chi connectivity index (χ2n) is 16.5. The van der Waals surface area contributed by atoms with Crippen molar-refractivity contribution in [2.75, 3.05) is 13.2 Å². The molecule has 1 saturated heterocycles. The molecule has 1 fully saturated rings. The molecule has 67 heavy (non-hydrogen) atoms. The molecular formula is C44H58N10O13. The zero-order valence-corrected chi connectivity index (χ0v) is 37.1. The number of fused-ring (bicyclic) bond motifs is 1. The van der Waals surface area contributed by atoms with Crippen LogP contribution in [-0.2, 0) is 60.8 Å². The molecule has 0 spiro atoms. The Bertz CT molecular complexity index is 2290. The Balaban J connectivity index is 1.42. The molecule has 4 rings (SSSR count). The van der Waals surface area contributed by atoms with Crippen LogP contribution in [0, 0.1) is 5.92 Å². The third kappa shape index (κ3) is 15.9. The molecule has 2 heterocycles. The minimum absolute atomic E-state index is 0.0933. The third-order valence-corrected chi connectivity index (χ3v) is 10.6. The number of nitrogens with one attached hydrogen (secondary N) is 9. The van der Waals surface area contributed by atoms with E-state index in [1.165, 1.54) is 0 Å². The van der Waals surface area contributed by atoms with E-state index in [2.05, 4.69) is 47.5 Å². The molecule has 14 N–H and O–H groups in total. The summed E-state index contributed by atoms with van der Waals surface area (Å²) in [6, 6.07) is 5.13. The van der Waals surface area contributed by atoms with Crippen LogP contribution in [-0.4, -0.2) is 141 Å². The van der Waals surface area contributed by atoms with E-state index < -0.39 is 121 Å². The largest absolute Gasteiger partial charge is 0.480 e. The van der Waals surface area contributed by atoms with Gasteiger partial charge in [0.05, 0.1) is 25.7 Å². The smallest absolute Gasteiger partial charge is 0.326 e. The number of aliphatic carboxylic acids is 1. The van der Waals surface area contributed by atoms with Gasteiger partial charge in [0.25, 0.3) is 0 Å². The molecule has 0 radical (unpaired) electrons. The summed E-state index contributed by atoms with van der Waals surface area (Å²) in [6.07, 6.45) is -0.613. The summed E-state index contributed by atoms with van der Waals surface area (Å²) in [7, 11) is 0. The van der Waals surface area contributed by atoms with Crippen LogP contribution in [0.3, 0.4) is 0 Å². The number of carboxylic acid groups (broad SMARTS) is 1. The van der Waals surface area contributed by atoms with Gasteiger partial charge in [-0.25, -0.2) is 4.79 Å². The van der Waals surface area contributed by atoms with Gasteiger partial charge in [-0.05, 0) is 42.9 Å². The van der Waals surface area contributed by atoms with Crippen molar-refractivity contribution in [1.29, 1.82) is 0 Å². The molecule has 3 aromatic rings. The van der Waals surface area contributed by atoms with Crippen LogP contribution in [0.2, 0.25) is 0 Å². The molecule has 9 amide bonds. The Kier molecular flexibility index (Phi) is 19.3. The lowest BCUT2D eigenvalue weighted by molar-refractivity contribution is -0.141. The number of aliphatic hydroxyl groups is 2. The first-order valence-corrected chi connectivity index (χ1v) is 21.5. The van der Waals surface area contributed by atoms with E-state index in [0.717, 1.165) is 17.8 Å². The second-order valence-corrected chi connectivity index (χ2v) is 16.5. The molecule has 1 aromatic heterocycles. The summed E-state index contributed by atoms with van der Waals surface area (Å²) >= 11 is 0. The Morgan fingerprint density at radius 3 is 1.96 bits per heavy atom. The molecule has 8 atom stereocenters. The lowest BCUT2D eigenvalue weighted by atomic mass is 10.0. The normalized spacial score (nSPS) is 16.4. The number of H-pyrrole nitrogens is 1. The molecule has 23 nitrogen and oxygen atoms in total. The number of nitrogens with two attached hydrogens (primary N) is 1. The average Bonchev–Trinajstić information content (AvgIpc) is 3.91. The van der Waals surface area contributed by atoms with E-state index >= 15 is 0 Å². The second kappa shape index (κ2) is 24.8. The monoisotopic (exact) mass is 934 g/mol. The lowest BCUT2D eigenvalue weighted by Crippen LogP contribution is -2.61. The summed E-state index contributed by atoms with van der Waals surface area (Å²) in [5.41, 5.74) is 7.32. The number of aromatic nitrogens is 1. The fraction of sp³-hybridized carbons (Fsp3) is 0.455. The van der Waals surface area contributed by atoms with E-state index in [1.54, 1.807) is 74.6 Å². The number of aromatic amines is 1. The van der Waals surface area contributed by atoms with Crippen molar-refractivity contribution in [1.82, 2.24) is 47.5 Å². The topological polar surface area (TPSA) is 369 Å². The van der Waals surface area contributed by atoms with Crippen LogP contribution < -0.4 is 48.3 Å². The van der Waals surface area contributed by atoms with E-state index in [1.807, 2.05) is 0 Å². The van der Waals surface area contributed by atoms with Crippen molar-refractivity contribution in [3.63, 3.8) is 0 Å². The number of carbonyl (C=O) groups excluding carboxylic acids is 9. The summed E-state index contributed by atoms with van der Waals surface area (Å²) in [6.45, 7) is 2.87. The summed E-state index contributed by atoms with van der Waals surface area (Å²) in [4.78, 5) is 133. The number of amides is 9. The Morgan fingerprint density at radius 1 is 0.731 bits per heavy atom. The van der Waals surface area contributed by atoms with Crippen molar-refractivity contribution in [2.24, 2.45) is 11.7 Å². The minimum Gasteiger partial charge on any atom is -0.480 e. The van der Waals surface area contributed by atoms with Gasteiger partial charge in [-0.3, -0.25) is 43.2 Å². The number of rotatable bonds is 25. The van der Waals surface area contributed by atoms with E-state index in [0.29, 0.717) is 11.1 Å². The van der Waals surface area contributed by atoms with Gasteiger partial charge in [0.1, 0.15) is 42.3 Å². The Labute approximate surface area is 384 Å². The number of carboxylic acids is 1. The van der Waals surface area contributed by atoms with Crippen molar-refractivity contribution < 1.29 is 63.3 Å². The fourth-order valence-electron chi connectivity index (χ4n) is 7.17. The summed E-state index contributed by atoms with van der Waals surface area (Å²) < 4.78 is 0. The minimum atomic E-state index is -1.80. The zero-order chi connectivity index (χ0) is 49.4. The first-order valence-electron chi connectivity index (χ1n) is 21.5. The van der Waals surface area contributed by atoms with Gasteiger partial charge < -0.3 is 68.6 Å². The molecule has 0 aliphatic carbocycles. The quantitative estimate of drug-likeness (QED) is 0.0395. The lowest BCUT2D eigenvalue weighted by Gasteiger charge is -2.27. The van der Waals surface area contributed by atoms with Crippen LogP contribution >= 0.6 is 0 Å². The molecule has 23 heteroatoms. The van der Waals surface area contributed by atoms with E-state index in [4.69, 9.17) is 5.73 Å². The molecule has 362 valence electrons. The highest BCUT2D eigenvalue weighted by Gasteiger charge is 2.36. The Hall–Kier alpha value is -7.40. The highest BCUT2D eigenvalue weighted by molar-refractivity contribution is 5.99. The van der Waals surface area contributed by atoms with Gasteiger partial charge >= 0.3 is 5.97 Å². The summed E-state index contributed by atoms with van der Waals surface area (Å²) in [5.74, 6) is -9.59. The van der Waals surface area contributed by atoms with Crippen LogP contribution in [0.25, 0.3) is 10.9 Å². The highest BCUT2D eigenvalue weighted by atomic mass is 16.4. The molecule has 0 unspecified atom stereocenters. The maximum absolute atomic E-state index is 13.9. The highest BCUT2D eigenvalue weighted by Crippen LogP contribution is 2.19. The van der Waals surface area contributed by atoms with Crippen molar-refractivity contribution >= 4 is 70.0 Å². The zero-order valence-electron chi connectivity index (χ0n) is 37.1. The Morgan fingerprint density at radius 2 is 1.34 bits per heavy atom. The number of carbonyl (C=O) groups is 10. The van der Waals surface area contributed by atoms with Crippen molar-refractivity contribution in [3.8, 4) is 0 Å². The van der Waals surface area contributed by atoms with E-state index in [-0.39, 0.29) is 43.9 Å². The maximum atomic E-state index is 13.9. The number of benzene rings is 2. The van der Waals surface area contributed by atoms with Crippen LogP contribution in [0.5, 0.6) is 0 Å². The molecule has 1 aliphatic rings. The van der Waals surface area contributed by atoms with Crippen molar-refractivity contribution in [2.45, 2.75) is 108 Å². The predicted molar refractivity (Wildman–Crippen MR) is 238 cm³/mol. The van der Waals surface area contributed by atoms with Gasteiger partial charge in [0, 0.05) is 36.4 Å². The molecule has 0 saturated carbocycles. The molecular weight excluding hydrogens is 877 g/mol. The number of para-hydroxylation sites is 1. The van der Waals surface area contributed by atoms with Gasteiger partial charge in [-0.1, -0.05) is 62.4 Å². The molecule has 1 aliphatic heterocycles. The van der Waals surface area contributed by atoms with Crippen LogP contribution in [0.15, 0.2) is 60.8 Å². The molecule has 0 bridgehead atoms. The van der Waals surface area contributed by atoms with Gasteiger partial charge in [-0.15, -0.1) is 0 Å². The maximum Gasteiger partial charge on any atom is 0.326 e. The fourth-order valence-corrected chi connectivity index (χ4v) is 7.17. The first-order chi connectivity index (χ1) is 31.8. The third-order valence-electron chi connectivity index (χ3n) is 10.6. The van der Waals surface area contributed by atoms with Crippen molar-refractivity contribution in [3.05, 3.63) is 71.9 Å². The van der Waals surface area contributed by atoms with E-state index in [9.17, 15) is 63.3 Å². The number of hydrogen-bond acceptors (Lipinski definition) is 12. The predicted octanol–water partition coefficient (Wildman–Crippen LogP) is -3.36. The van der Waals surface area contributed by atoms with Crippen LogP contribution in [0.4, 0.5) is 0 Å². The van der Waals surface area contributed by atoms with Gasteiger partial charge in [-0.2, -0.15) is 0 Å². The summed E-state index contributed by atoms with van der Waals surface area (Å²) in [5, 5.41) is 50.2. The number of aliphatic hydroxyl groups excluding tert-OH is 2. The number of primary amides is 1. The van der Waals surface area contributed by atoms with Gasteiger partial charge in [0.15, 0.2) is 0 Å². The van der Waals surface area contributed by atoms with Gasteiger partial charge in [0.2, 0.25) is 53.2 Å². The molecule has 2 aromatic carbocycles. The SMILES string of the molecule is CC(C)C[C@H](NC(=O)[C@@H]1CCC(=O)N1)C(=O)N[C@@H](CC(N)=O)C(=O)N[C@@H](Cc1ccccc1)C(=O)N[C@@H](CO)C(=O)N[C@H](C(=O)NCC(=O)N[C@@H](Cc1c[nH]c2ccccc12)C(=O)O)[C@@H](C)O. The average molecular weight is 935 g/mol. The first kappa shape index (κ1) is 52.2. The number of hydrogen-bond donors (Lipinski definition) is 13.